The molecule has 0 aliphatic carbocycles. The zero-order valence-electron chi connectivity index (χ0n) is 11.1. The summed E-state index contributed by atoms with van der Waals surface area (Å²) in [5.74, 6) is 6.12. The molecule has 20 heavy (non-hydrogen) atoms. The first kappa shape index (κ1) is 15.5. The van der Waals surface area contributed by atoms with Crippen LogP contribution in [0.25, 0.3) is 0 Å². The fourth-order valence-electron chi connectivity index (χ4n) is 1.80. The van der Waals surface area contributed by atoms with Gasteiger partial charge >= 0.3 is 0 Å². The van der Waals surface area contributed by atoms with E-state index in [9.17, 15) is 4.39 Å². The summed E-state index contributed by atoms with van der Waals surface area (Å²) in [7, 11) is 0. The minimum atomic E-state index is -0.199. The Morgan fingerprint density at radius 3 is 2.75 bits per heavy atom. The zero-order chi connectivity index (χ0) is 14.5. The lowest BCUT2D eigenvalue weighted by molar-refractivity contribution is 0.587. The van der Waals surface area contributed by atoms with Gasteiger partial charge in [0.25, 0.3) is 0 Å². The highest BCUT2D eigenvalue weighted by atomic mass is 79.9. The van der Waals surface area contributed by atoms with Crippen LogP contribution in [0.15, 0.2) is 51.8 Å². The van der Waals surface area contributed by atoms with Crippen molar-refractivity contribution in [3.63, 3.8) is 0 Å². The van der Waals surface area contributed by atoms with E-state index in [-0.39, 0.29) is 11.9 Å². The molecular weight excluding hydrogens is 339 g/mol. The first-order valence-electron chi connectivity index (χ1n) is 6.20. The summed E-state index contributed by atoms with van der Waals surface area (Å²) in [5, 5.41) is 0. The van der Waals surface area contributed by atoms with Crippen molar-refractivity contribution in [3.8, 4) is 0 Å². The van der Waals surface area contributed by atoms with Crippen LogP contribution in [0.1, 0.15) is 17.2 Å². The van der Waals surface area contributed by atoms with E-state index in [2.05, 4.69) is 21.4 Å². The van der Waals surface area contributed by atoms with Gasteiger partial charge in [-0.2, -0.15) is 0 Å². The number of nitrogens with two attached hydrogens (primary N) is 1. The predicted octanol–water partition coefficient (Wildman–Crippen LogP) is 4.19. The molecule has 0 spiro atoms. The van der Waals surface area contributed by atoms with Crippen molar-refractivity contribution in [2.24, 2.45) is 5.84 Å². The van der Waals surface area contributed by atoms with E-state index in [0.29, 0.717) is 5.56 Å². The van der Waals surface area contributed by atoms with Crippen molar-refractivity contribution < 1.29 is 4.39 Å². The Kier molecular flexibility index (Phi) is 5.60. The quantitative estimate of drug-likeness (QED) is 0.480. The standard InChI is InChI=1S/C15H16BrFN2S/c1-10-5-6-11(7-14(10)17)15(19-18)9-20-13-4-2-3-12(16)8-13/h2-8,15,19H,9,18H2,1H3. The number of aryl methyl sites for hydroxylation is 1. The summed E-state index contributed by atoms with van der Waals surface area (Å²) in [6.07, 6.45) is 0. The van der Waals surface area contributed by atoms with Crippen LogP contribution in [-0.4, -0.2) is 5.75 Å². The molecule has 0 bridgehead atoms. The first-order valence-corrected chi connectivity index (χ1v) is 7.98. The number of benzene rings is 2. The molecule has 2 nitrogen and oxygen atoms in total. The average Bonchev–Trinajstić information content (AvgIpc) is 2.43. The van der Waals surface area contributed by atoms with Gasteiger partial charge in [0.15, 0.2) is 0 Å². The molecule has 3 N–H and O–H groups in total. The minimum Gasteiger partial charge on any atom is -0.271 e. The van der Waals surface area contributed by atoms with E-state index in [4.69, 9.17) is 5.84 Å². The molecule has 1 unspecified atom stereocenters. The van der Waals surface area contributed by atoms with E-state index in [0.717, 1.165) is 20.7 Å². The Morgan fingerprint density at radius 1 is 1.30 bits per heavy atom. The maximum atomic E-state index is 13.6. The maximum absolute atomic E-state index is 13.6. The predicted molar refractivity (Wildman–Crippen MR) is 86.1 cm³/mol. The van der Waals surface area contributed by atoms with Crippen molar-refractivity contribution in [1.82, 2.24) is 5.43 Å². The summed E-state index contributed by atoms with van der Waals surface area (Å²) in [4.78, 5) is 1.15. The van der Waals surface area contributed by atoms with Crippen molar-refractivity contribution >= 4 is 27.7 Å². The van der Waals surface area contributed by atoms with Crippen LogP contribution in [0.3, 0.4) is 0 Å². The molecule has 0 radical (unpaired) electrons. The molecule has 0 fully saturated rings. The van der Waals surface area contributed by atoms with Crippen molar-refractivity contribution in [2.75, 3.05) is 5.75 Å². The topological polar surface area (TPSA) is 38.0 Å². The molecule has 0 saturated carbocycles. The van der Waals surface area contributed by atoms with E-state index in [1.807, 2.05) is 30.3 Å². The van der Waals surface area contributed by atoms with E-state index < -0.39 is 0 Å². The molecule has 0 aliphatic heterocycles. The lowest BCUT2D eigenvalue weighted by atomic mass is 10.1. The van der Waals surface area contributed by atoms with Gasteiger partial charge in [-0.15, -0.1) is 11.8 Å². The summed E-state index contributed by atoms with van der Waals surface area (Å²) in [6.45, 7) is 1.75. The molecule has 2 aromatic rings. The monoisotopic (exact) mass is 354 g/mol. The van der Waals surface area contributed by atoms with Crippen LogP contribution in [0.2, 0.25) is 0 Å². The third kappa shape index (κ3) is 4.06. The van der Waals surface area contributed by atoms with Crippen LogP contribution < -0.4 is 11.3 Å². The van der Waals surface area contributed by atoms with E-state index in [1.54, 1.807) is 30.8 Å². The Balaban J connectivity index is 2.07. The second kappa shape index (κ2) is 7.22. The van der Waals surface area contributed by atoms with Gasteiger partial charge in [0.05, 0.1) is 6.04 Å². The first-order chi connectivity index (χ1) is 9.60. The second-order valence-corrected chi connectivity index (χ2v) is 6.51. The number of hydrogen-bond acceptors (Lipinski definition) is 3. The fraction of sp³-hybridized carbons (Fsp3) is 0.200. The SMILES string of the molecule is Cc1ccc(C(CSc2cccc(Br)c2)NN)cc1F. The molecule has 0 aromatic heterocycles. The van der Waals surface area contributed by atoms with Gasteiger partial charge in [0, 0.05) is 15.1 Å². The molecule has 106 valence electrons. The van der Waals surface area contributed by atoms with Crippen LogP contribution in [0, 0.1) is 12.7 Å². The van der Waals surface area contributed by atoms with Crippen molar-refractivity contribution in [2.45, 2.75) is 17.9 Å². The average molecular weight is 355 g/mol. The Morgan fingerprint density at radius 2 is 2.10 bits per heavy atom. The lowest BCUT2D eigenvalue weighted by Gasteiger charge is -2.16. The van der Waals surface area contributed by atoms with Gasteiger partial charge in [-0.3, -0.25) is 11.3 Å². The largest absolute Gasteiger partial charge is 0.271 e. The summed E-state index contributed by atoms with van der Waals surface area (Å²) >= 11 is 5.12. The summed E-state index contributed by atoms with van der Waals surface area (Å²) in [6, 6.07) is 13.2. The highest BCUT2D eigenvalue weighted by Gasteiger charge is 2.12. The number of rotatable bonds is 5. The van der Waals surface area contributed by atoms with Crippen LogP contribution in [-0.2, 0) is 0 Å². The van der Waals surface area contributed by atoms with Crippen LogP contribution in [0.4, 0.5) is 4.39 Å². The minimum absolute atomic E-state index is 0.0888. The molecule has 5 heteroatoms. The molecular formula is C15H16BrFN2S. The summed E-state index contributed by atoms with van der Waals surface area (Å²) < 4.78 is 14.7. The van der Waals surface area contributed by atoms with Gasteiger partial charge in [-0.25, -0.2) is 4.39 Å². The molecule has 0 amide bonds. The zero-order valence-corrected chi connectivity index (χ0v) is 13.5. The van der Waals surface area contributed by atoms with Crippen LogP contribution >= 0.6 is 27.7 Å². The third-order valence-electron chi connectivity index (χ3n) is 3.01. The van der Waals surface area contributed by atoms with E-state index >= 15 is 0 Å². The van der Waals surface area contributed by atoms with Gasteiger partial charge in [0.1, 0.15) is 5.82 Å². The molecule has 0 aliphatic rings. The Hall–Kier alpha value is -0.880. The van der Waals surface area contributed by atoms with Gasteiger partial charge in [-0.05, 0) is 42.3 Å². The number of hydrogen-bond donors (Lipinski definition) is 2. The summed E-state index contributed by atoms with van der Waals surface area (Å²) in [5.41, 5.74) is 4.25. The molecule has 2 aromatic carbocycles. The highest BCUT2D eigenvalue weighted by Crippen LogP contribution is 2.27. The maximum Gasteiger partial charge on any atom is 0.126 e. The Labute approximate surface area is 131 Å². The Bertz CT molecular complexity index is 592. The third-order valence-corrected chi connectivity index (χ3v) is 4.59. The second-order valence-electron chi connectivity index (χ2n) is 4.50. The molecule has 2 rings (SSSR count). The number of hydrazine groups is 1. The smallest absolute Gasteiger partial charge is 0.126 e. The molecule has 0 heterocycles. The van der Waals surface area contributed by atoms with Crippen molar-refractivity contribution in [1.29, 1.82) is 0 Å². The lowest BCUT2D eigenvalue weighted by Crippen LogP contribution is -2.29. The number of halogens is 2. The highest BCUT2D eigenvalue weighted by molar-refractivity contribution is 9.10. The normalized spacial score (nSPS) is 12.4. The number of thioether (sulfide) groups is 1. The van der Waals surface area contributed by atoms with Crippen LogP contribution in [0.5, 0.6) is 0 Å². The molecule has 0 saturated heterocycles. The van der Waals surface area contributed by atoms with Gasteiger partial charge < -0.3 is 0 Å². The van der Waals surface area contributed by atoms with E-state index in [1.165, 1.54) is 0 Å². The number of nitrogens with one attached hydrogen (secondary N) is 1. The molecule has 1 atom stereocenters. The van der Waals surface area contributed by atoms with Gasteiger partial charge in [-0.1, -0.05) is 34.1 Å². The van der Waals surface area contributed by atoms with Gasteiger partial charge in [0.2, 0.25) is 0 Å². The van der Waals surface area contributed by atoms with Crippen molar-refractivity contribution in [3.05, 3.63) is 63.9 Å². The fourth-order valence-corrected chi connectivity index (χ4v) is 3.39.